The average Bonchev–Trinajstić information content (AvgIpc) is 3.45. The molecule has 2 aliphatic rings. The molecule has 2 aliphatic heterocycles. The van der Waals surface area contributed by atoms with Gasteiger partial charge < -0.3 is 47.9 Å². The van der Waals surface area contributed by atoms with Gasteiger partial charge in [0.15, 0.2) is 0 Å². The van der Waals surface area contributed by atoms with Gasteiger partial charge in [0.25, 0.3) is 0 Å². The second-order valence-electron chi connectivity index (χ2n) is 9.52. The molecule has 0 unspecified atom stereocenters. The molecule has 36 heavy (non-hydrogen) atoms. The molecule has 2 saturated heterocycles. The number of carbonyl (C=O) groups excluding carboxylic acids is 2. The minimum absolute atomic E-state index is 0.105. The second kappa shape index (κ2) is 22.5. The Bertz CT molecular complexity index is 554. The Kier molecular flexibility index (Phi) is 20.3. The maximum Gasteiger partial charge on any atom is 0.320 e. The van der Waals surface area contributed by atoms with Crippen molar-refractivity contribution < 1.29 is 9.59 Å². The molecule has 0 atom stereocenters. The number of nitrogens with zero attached hydrogens (tertiary/aromatic N) is 3. The molecule has 0 aliphatic carbocycles. The van der Waals surface area contributed by atoms with Crippen LogP contribution in [0.25, 0.3) is 0 Å². The molecule has 0 saturated carbocycles. The van der Waals surface area contributed by atoms with Gasteiger partial charge in [0.1, 0.15) is 0 Å². The highest BCUT2D eigenvalue weighted by Gasteiger charge is 2.26. The number of unbranched alkanes of at least 4 members (excludes halogenated alkanes) is 6. The molecular formula is C25H55N9O2. The summed E-state index contributed by atoms with van der Waals surface area (Å²) in [6, 6.07) is 0.235. The molecule has 2 fully saturated rings. The lowest BCUT2D eigenvalue weighted by atomic mass is 10.2. The normalized spacial score (nSPS) is 15.5. The molecule has 0 aromatic rings. The van der Waals surface area contributed by atoms with E-state index >= 15 is 0 Å². The molecular weight excluding hydrogens is 458 g/mol. The third-order valence-electron chi connectivity index (χ3n) is 6.48. The van der Waals surface area contributed by atoms with Crippen molar-refractivity contribution in [2.45, 2.75) is 57.8 Å². The lowest BCUT2D eigenvalue weighted by Gasteiger charge is -2.18. The highest BCUT2D eigenvalue weighted by Crippen LogP contribution is 2.06. The maximum atomic E-state index is 11.9. The van der Waals surface area contributed by atoms with Crippen LogP contribution in [0.2, 0.25) is 0 Å². The van der Waals surface area contributed by atoms with Crippen LogP contribution in [-0.2, 0) is 0 Å². The van der Waals surface area contributed by atoms with Gasteiger partial charge in [-0.25, -0.2) is 9.59 Å². The molecule has 2 rings (SSSR count). The fourth-order valence-corrected chi connectivity index (χ4v) is 4.26. The van der Waals surface area contributed by atoms with Crippen molar-refractivity contribution in [1.29, 1.82) is 0 Å². The largest absolute Gasteiger partial charge is 0.336 e. The first-order chi connectivity index (χ1) is 17.6. The molecule has 0 radical (unpaired) electrons. The zero-order valence-corrected chi connectivity index (χ0v) is 22.7. The van der Waals surface area contributed by atoms with Crippen molar-refractivity contribution in [2.75, 3.05) is 91.6 Å². The standard InChI is InChI=1S/C13H28N4O.C12H27N5O/c14-7-3-1-4-8-15-9-5-2-6-11-17-12-10-16-13(17)18;13-4-2-1-3-6-15-7-9-17-11-10-16(8-5-14)12(17)18/h15H,1-12,14H2,(H,16,18);15H,1-11,13-14H2. The molecule has 0 spiro atoms. The van der Waals surface area contributed by atoms with Crippen molar-refractivity contribution >= 4 is 12.1 Å². The van der Waals surface area contributed by atoms with Crippen LogP contribution in [-0.4, -0.2) is 118 Å². The minimum Gasteiger partial charge on any atom is -0.336 e. The van der Waals surface area contributed by atoms with Crippen LogP contribution in [0.15, 0.2) is 0 Å². The molecule has 11 heteroatoms. The molecule has 0 aromatic carbocycles. The predicted octanol–water partition coefficient (Wildman–Crippen LogP) is 0.302. The average molecular weight is 514 g/mol. The van der Waals surface area contributed by atoms with Crippen LogP contribution in [0.5, 0.6) is 0 Å². The van der Waals surface area contributed by atoms with Gasteiger partial charge in [0, 0.05) is 58.9 Å². The summed E-state index contributed by atoms with van der Waals surface area (Å²) in [6.45, 7) is 11.9. The third kappa shape index (κ3) is 15.5. The van der Waals surface area contributed by atoms with E-state index in [-0.39, 0.29) is 12.1 Å². The Hall–Kier alpha value is -1.66. The van der Waals surface area contributed by atoms with Crippen LogP contribution in [0.4, 0.5) is 9.59 Å². The Balaban J connectivity index is 0.000000360. The van der Waals surface area contributed by atoms with E-state index in [0.29, 0.717) is 13.1 Å². The molecule has 0 bridgehead atoms. The lowest BCUT2D eigenvalue weighted by Crippen LogP contribution is -2.38. The second-order valence-corrected chi connectivity index (χ2v) is 9.52. The van der Waals surface area contributed by atoms with Crippen LogP contribution >= 0.6 is 0 Å². The van der Waals surface area contributed by atoms with E-state index in [1.54, 1.807) is 0 Å². The topological polar surface area (TPSA) is 158 Å². The number of nitrogens with one attached hydrogen (secondary N) is 3. The van der Waals surface area contributed by atoms with E-state index in [2.05, 4.69) is 16.0 Å². The van der Waals surface area contributed by atoms with Crippen molar-refractivity contribution in [3.8, 4) is 0 Å². The van der Waals surface area contributed by atoms with E-state index in [1.165, 1.54) is 32.1 Å². The Morgan fingerprint density at radius 1 is 0.583 bits per heavy atom. The monoisotopic (exact) mass is 513 g/mol. The number of urea groups is 2. The van der Waals surface area contributed by atoms with E-state index in [0.717, 1.165) is 104 Å². The predicted molar refractivity (Wildman–Crippen MR) is 148 cm³/mol. The summed E-state index contributed by atoms with van der Waals surface area (Å²) in [6.07, 6.45) is 10.5. The molecule has 212 valence electrons. The number of amides is 4. The summed E-state index contributed by atoms with van der Waals surface area (Å²) in [4.78, 5) is 28.7. The Morgan fingerprint density at radius 2 is 1.14 bits per heavy atom. The van der Waals surface area contributed by atoms with Crippen LogP contribution in [0.1, 0.15) is 57.8 Å². The van der Waals surface area contributed by atoms with Gasteiger partial charge in [0.05, 0.1) is 0 Å². The molecule has 2 heterocycles. The fourth-order valence-electron chi connectivity index (χ4n) is 4.26. The number of rotatable bonds is 21. The summed E-state index contributed by atoms with van der Waals surface area (Å²) in [7, 11) is 0. The smallest absolute Gasteiger partial charge is 0.320 e. The zero-order chi connectivity index (χ0) is 26.3. The van der Waals surface area contributed by atoms with E-state index in [4.69, 9.17) is 17.2 Å². The summed E-state index contributed by atoms with van der Waals surface area (Å²) in [5.74, 6) is 0. The van der Waals surface area contributed by atoms with Gasteiger partial charge in [-0.15, -0.1) is 0 Å². The lowest BCUT2D eigenvalue weighted by molar-refractivity contribution is 0.193. The van der Waals surface area contributed by atoms with Gasteiger partial charge in [0.2, 0.25) is 0 Å². The number of hydrogen-bond donors (Lipinski definition) is 6. The van der Waals surface area contributed by atoms with Crippen LogP contribution in [0, 0.1) is 0 Å². The minimum atomic E-state index is 0.105. The van der Waals surface area contributed by atoms with E-state index < -0.39 is 0 Å². The summed E-state index contributed by atoms with van der Waals surface area (Å²) in [5.41, 5.74) is 16.3. The molecule has 9 N–H and O–H groups in total. The SMILES string of the molecule is NCCCCCNCCCCCN1CCNC1=O.NCCCCCNCCN1CCN(CCN)C1=O. The van der Waals surface area contributed by atoms with Gasteiger partial charge in [-0.2, -0.15) is 0 Å². The first-order valence-electron chi connectivity index (χ1n) is 14.2. The first kappa shape index (κ1) is 32.4. The van der Waals surface area contributed by atoms with Gasteiger partial charge in [-0.1, -0.05) is 19.3 Å². The van der Waals surface area contributed by atoms with Crippen molar-refractivity contribution in [3.05, 3.63) is 0 Å². The Morgan fingerprint density at radius 3 is 1.67 bits per heavy atom. The maximum absolute atomic E-state index is 11.9. The fraction of sp³-hybridized carbons (Fsp3) is 0.920. The summed E-state index contributed by atoms with van der Waals surface area (Å²) < 4.78 is 0. The Labute approximate surface area is 219 Å². The van der Waals surface area contributed by atoms with Crippen molar-refractivity contribution in [3.63, 3.8) is 0 Å². The first-order valence-corrected chi connectivity index (χ1v) is 14.2. The summed E-state index contributed by atoms with van der Waals surface area (Å²) >= 11 is 0. The van der Waals surface area contributed by atoms with Gasteiger partial charge in [-0.05, 0) is 71.2 Å². The number of carbonyl (C=O) groups is 2. The zero-order valence-electron chi connectivity index (χ0n) is 22.7. The molecule has 11 nitrogen and oxygen atoms in total. The third-order valence-corrected chi connectivity index (χ3v) is 6.48. The van der Waals surface area contributed by atoms with Crippen molar-refractivity contribution in [2.24, 2.45) is 17.2 Å². The number of hydrogen-bond acceptors (Lipinski definition) is 7. The highest BCUT2D eigenvalue weighted by molar-refractivity contribution is 5.76. The summed E-state index contributed by atoms with van der Waals surface area (Å²) in [5, 5.41) is 9.63. The molecule has 4 amide bonds. The number of nitrogens with two attached hydrogens (primary N) is 3. The quantitative estimate of drug-likeness (QED) is 0.120. The van der Waals surface area contributed by atoms with Crippen LogP contribution < -0.4 is 33.2 Å². The van der Waals surface area contributed by atoms with Gasteiger partial charge >= 0.3 is 12.1 Å². The highest BCUT2D eigenvalue weighted by atomic mass is 16.2. The van der Waals surface area contributed by atoms with Crippen LogP contribution in [0.3, 0.4) is 0 Å². The van der Waals surface area contributed by atoms with Crippen molar-refractivity contribution in [1.82, 2.24) is 30.7 Å². The van der Waals surface area contributed by atoms with E-state index in [9.17, 15) is 9.59 Å². The van der Waals surface area contributed by atoms with Gasteiger partial charge in [-0.3, -0.25) is 0 Å². The van der Waals surface area contributed by atoms with E-state index in [1.807, 2.05) is 14.7 Å². The molecule has 0 aromatic heterocycles.